The van der Waals surface area contributed by atoms with Crippen LogP contribution in [-0.2, 0) is 6.54 Å². The number of thiazole rings is 1. The minimum Gasteiger partial charge on any atom is -0.497 e. The van der Waals surface area contributed by atoms with Gasteiger partial charge in [-0.25, -0.2) is 4.98 Å². The first-order valence-electron chi connectivity index (χ1n) is 5.24. The zero-order valence-corrected chi connectivity index (χ0v) is 10.7. The molecule has 1 heterocycles. The minimum atomic E-state index is 0.610. The van der Waals surface area contributed by atoms with Crippen LogP contribution in [0.4, 0.5) is 10.8 Å². The van der Waals surface area contributed by atoms with E-state index < -0.39 is 0 Å². The minimum absolute atomic E-state index is 0.610. The van der Waals surface area contributed by atoms with Crippen molar-refractivity contribution in [3.05, 3.63) is 35.3 Å². The average molecular weight is 249 g/mol. The van der Waals surface area contributed by atoms with Crippen LogP contribution in [0.2, 0.25) is 0 Å². The molecule has 0 bridgehead atoms. The molecule has 0 aliphatic heterocycles. The molecule has 1 aromatic carbocycles. The molecule has 4 nitrogen and oxygen atoms in total. The van der Waals surface area contributed by atoms with E-state index in [4.69, 9.17) is 10.5 Å². The predicted octanol–water partition coefficient (Wildman–Crippen LogP) is 2.37. The normalized spacial score (nSPS) is 10.2. The lowest BCUT2D eigenvalue weighted by Crippen LogP contribution is -2.16. The van der Waals surface area contributed by atoms with E-state index in [9.17, 15) is 0 Å². The highest BCUT2D eigenvalue weighted by Gasteiger charge is 2.05. The number of ether oxygens (including phenoxy) is 1. The van der Waals surface area contributed by atoms with E-state index >= 15 is 0 Å². The summed E-state index contributed by atoms with van der Waals surface area (Å²) >= 11 is 1.46. The van der Waals surface area contributed by atoms with Crippen LogP contribution >= 0.6 is 11.3 Å². The summed E-state index contributed by atoms with van der Waals surface area (Å²) in [6, 6.07) is 7.94. The zero-order chi connectivity index (χ0) is 12.3. The van der Waals surface area contributed by atoms with Gasteiger partial charge in [0.1, 0.15) is 5.75 Å². The van der Waals surface area contributed by atoms with Gasteiger partial charge in [0.15, 0.2) is 5.13 Å². The maximum absolute atomic E-state index is 5.61. The molecule has 1 aromatic heterocycles. The Kier molecular flexibility index (Phi) is 3.49. The van der Waals surface area contributed by atoms with Gasteiger partial charge in [0, 0.05) is 24.2 Å². The summed E-state index contributed by atoms with van der Waals surface area (Å²) in [7, 11) is 3.69. The van der Waals surface area contributed by atoms with Crippen LogP contribution in [0.25, 0.3) is 0 Å². The van der Waals surface area contributed by atoms with Crippen molar-refractivity contribution in [2.45, 2.75) is 6.54 Å². The van der Waals surface area contributed by atoms with Crippen molar-refractivity contribution in [3.63, 3.8) is 0 Å². The molecule has 0 atom stereocenters. The van der Waals surface area contributed by atoms with Gasteiger partial charge in [-0.15, -0.1) is 11.3 Å². The summed E-state index contributed by atoms with van der Waals surface area (Å²) in [5, 5.41) is 2.59. The first-order valence-corrected chi connectivity index (χ1v) is 6.12. The second kappa shape index (κ2) is 5.05. The lowest BCUT2D eigenvalue weighted by molar-refractivity contribution is 0.415. The molecule has 2 N–H and O–H groups in total. The molecule has 2 aromatic rings. The number of anilines is 2. The third-order valence-electron chi connectivity index (χ3n) is 2.46. The van der Waals surface area contributed by atoms with Crippen LogP contribution in [0.5, 0.6) is 5.75 Å². The van der Waals surface area contributed by atoms with Crippen molar-refractivity contribution in [2.24, 2.45) is 0 Å². The number of hydrogen-bond donors (Lipinski definition) is 1. The van der Waals surface area contributed by atoms with E-state index in [0.29, 0.717) is 5.13 Å². The molecule has 90 valence electrons. The van der Waals surface area contributed by atoms with Crippen molar-refractivity contribution in [1.29, 1.82) is 0 Å². The van der Waals surface area contributed by atoms with Crippen molar-refractivity contribution in [3.8, 4) is 5.75 Å². The van der Waals surface area contributed by atoms with Gasteiger partial charge in [0.2, 0.25) is 0 Å². The molecule has 0 aliphatic carbocycles. The topological polar surface area (TPSA) is 51.4 Å². The first kappa shape index (κ1) is 11.7. The Balaban J connectivity index is 2.11. The first-order chi connectivity index (χ1) is 8.19. The summed E-state index contributed by atoms with van der Waals surface area (Å²) in [6.07, 6.45) is 0. The van der Waals surface area contributed by atoms with Gasteiger partial charge in [0.05, 0.1) is 19.3 Å². The molecule has 0 saturated heterocycles. The molecule has 0 amide bonds. The number of methoxy groups -OCH3 is 1. The van der Waals surface area contributed by atoms with Crippen molar-refractivity contribution < 1.29 is 4.74 Å². The predicted molar refractivity (Wildman–Crippen MR) is 71.6 cm³/mol. The SMILES string of the molecule is COc1cccc(N(C)Cc2csc(N)n2)c1. The number of nitrogens with two attached hydrogens (primary N) is 1. The third-order valence-corrected chi connectivity index (χ3v) is 3.19. The fourth-order valence-corrected chi connectivity index (χ4v) is 2.13. The Bertz CT molecular complexity index is 498. The molecular weight excluding hydrogens is 234 g/mol. The van der Waals surface area contributed by atoms with Gasteiger partial charge >= 0.3 is 0 Å². The Hall–Kier alpha value is -1.75. The van der Waals surface area contributed by atoms with Gasteiger partial charge in [-0.05, 0) is 12.1 Å². The maximum Gasteiger partial charge on any atom is 0.180 e. The van der Waals surface area contributed by atoms with E-state index in [1.165, 1.54) is 11.3 Å². The molecule has 17 heavy (non-hydrogen) atoms. The Morgan fingerprint density at radius 2 is 2.29 bits per heavy atom. The van der Waals surface area contributed by atoms with Gasteiger partial charge in [-0.2, -0.15) is 0 Å². The second-order valence-corrected chi connectivity index (χ2v) is 4.62. The van der Waals surface area contributed by atoms with Gasteiger partial charge in [0.25, 0.3) is 0 Å². The molecule has 5 heteroatoms. The van der Waals surface area contributed by atoms with Crippen molar-refractivity contribution >= 4 is 22.2 Å². The van der Waals surface area contributed by atoms with E-state index in [1.807, 2.05) is 36.7 Å². The van der Waals surface area contributed by atoms with E-state index in [-0.39, 0.29) is 0 Å². The number of aromatic nitrogens is 1. The molecule has 0 unspecified atom stereocenters. The van der Waals surface area contributed by atoms with Crippen LogP contribution in [0.3, 0.4) is 0 Å². The highest BCUT2D eigenvalue weighted by Crippen LogP contribution is 2.22. The number of nitrogens with zero attached hydrogens (tertiary/aromatic N) is 2. The average Bonchev–Trinajstić information content (AvgIpc) is 2.75. The Labute approximate surface area is 105 Å². The smallest absolute Gasteiger partial charge is 0.180 e. The van der Waals surface area contributed by atoms with Gasteiger partial charge < -0.3 is 15.4 Å². The van der Waals surface area contributed by atoms with Crippen LogP contribution in [0.15, 0.2) is 29.6 Å². The number of nitrogen functional groups attached to an aromatic ring is 1. The molecule has 0 radical (unpaired) electrons. The monoisotopic (exact) mass is 249 g/mol. The number of rotatable bonds is 4. The fraction of sp³-hybridized carbons (Fsp3) is 0.250. The molecule has 0 aliphatic rings. The van der Waals surface area contributed by atoms with Gasteiger partial charge in [-0.3, -0.25) is 0 Å². The fourth-order valence-electron chi connectivity index (χ4n) is 1.58. The van der Waals surface area contributed by atoms with Crippen LogP contribution < -0.4 is 15.4 Å². The molecule has 0 saturated carbocycles. The third kappa shape index (κ3) is 2.88. The lowest BCUT2D eigenvalue weighted by atomic mass is 10.2. The number of benzene rings is 1. The van der Waals surface area contributed by atoms with Gasteiger partial charge in [-0.1, -0.05) is 6.07 Å². The summed E-state index contributed by atoms with van der Waals surface area (Å²) in [5.74, 6) is 0.854. The standard InChI is InChI=1S/C12H15N3OS/c1-15(7-9-8-17-12(13)14-9)10-4-3-5-11(6-10)16-2/h3-6,8H,7H2,1-2H3,(H2,13,14). The van der Waals surface area contributed by atoms with Crippen molar-refractivity contribution in [2.75, 3.05) is 24.8 Å². The van der Waals surface area contributed by atoms with E-state index in [2.05, 4.69) is 9.88 Å². The summed E-state index contributed by atoms with van der Waals surface area (Å²) in [5.41, 5.74) is 7.69. The molecular formula is C12H15N3OS. The summed E-state index contributed by atoms with van der Waals surface area (Å²) in [6.45, 7) is 0.737. The van der Waals surface area contributed by atoms with Crippen molar-refractivity contribution in [1.82, 2.24) is 4.98 Å². The summed E-state index contributed by atoms with van der Waals surface area (Å²) < 4.78 is 5.20. The Morgan fingerprint density at radius 1 is 1.47 bits per heavy atom. The van der Waals surface area contributed by atoms with Crippen LogP contribution in [0, 0.1) is 0 Å². The maximum atomic E-state index is 5.61. The lowest BCUT2D eigenvalue weighted by Gasteiger charge is -2.18. The van der Waals surface area contributed by atoms with Crippen LogP contribution in [-0.4, -0.2) is 19.1 Å². The Morgan fingerprint density at radius 3 is 2.94 bits per heavy atom. The molecule has 0 fully saturated rings. The van der Waals surface area contributed by atoms with E-state index in [1.54, 1.807) is 7.11 Å². The second-order valence-electron chi connectivity index (χ2n) is 3.73. The highest BCUT2D eigenvalue weighted by atomic mass is 32.1. The largest absolute Gasteiger partial charge is 0.497 e. The summed E-state index contributed by atoms with van der Waals surface area (Å²) in [4.78, 5) is 6.35. The zero-order valence-electron chi connectivity index (χ0n) is 9.88. The quantitative estimate of drug-likeness (QED) is 0.903. The molecule has 2 rings (SSSR count). The number of hydrogen-bond acceptors (Lipinski definition) is 5. The highest BCUT2D eigenvalue weighted by molar-refractivity contribution is 7.13. The van der Waals surface area contributed by atoms with E-state index in [0.717, 1.165) is 23.7 Å². The van der Waals surface area contributed by atoms with Crippen LogP contribution in [0.1, 0.15) is 5.69 Å². The molecule has 0 spiro atoms.